The molecule has 1 aromatic heterocycles. The van der Waals surface area contributed by atoms with Crippen molar-refractivity contribution in [2.75, 3.05) is 6.54 Å². The average molecular weight is 275 g/mol. The molecule has 2 aromatic rings. The molecule has 1 unspecified atom stereocenters. The summed E-state index contributed by atoms with van der Waals surface area (Å²) in [5, 5.41) is 5.52. The number of rotatable bonds is 6. The highest BCUT2D eigenvalue weighted by atomic mass is 32.1. The standard InChI is InChI=1S/C16H21NOS/c1-4-17-13(3)15-8-7-12(2)10-16(15)18-11-14-6-5-9-19-14/h5-10,13,17H,4,11H2,1-3H3. The number of hydrogen-bond donors (Lipinski definition) is 1. The Morgan fingerprint density at radius 3 is 2.84 bits per heavy atom. The smallest absolute Gasteiger partial charge is 0.124 e. The van der Waals surface area contributed by atoms with E-state index in [0.29, 0.717) is 12.6 Å². The molecular weight excluding hydrogens is 254 g/mol. The normalized spacial score (nSPS) is 12.4. The van der Waals surface area contributed by atoms with Crippen molar-refractivity contribution in [3.05, 3.63) is 51.7 Å². The lowest BCUT2D eigenvalue weighted by Gasteiger charge is -2.18. The Morgan fingerprint density at radius 2 is 2.16 bits per heavy atom. The van der Waals surface area contributed by atoms with E-state index < -0.39 is 0 Å². The van der Waals surface area contributed by atoms with E-state index in [1.807, 2.05) is 0 Å². The number of ether oxygens (including phenoxy) is 1. The van der Waals surface area contributed by atoms with Crippen molar-refractivity contribution in [1.82, 2.24) is 5.32 Å². The third kappa shape index (κ3) is 3.82. The fourth-order valence-corrected chi connectivity index (χ4v) is 2.70. The molecule has 0 saturated carbocycles. The Kier molecular flexibility index (Phi) is 5.00. The van der Waals surface area contributed by atoms with Crippen molar-refractivity contribution in [2.24, 2.45) is 0 Å². The van der Waals surface area contributed by atoms with Gasteiger partial charge in [0.25, 0.3) is 0 Å². The minimum atomic E-state index is 0.309. The maximum atomic E-state index is 6.00. The zero-order valence-electron chi connectivity index (χ0n) is 11.8. The van der Waals surface area contributed by atoms with E-state index >= 15 is 0 Å². The van der Waals surface area contributed by atoms with Crippen LogP contribution >= 0.6 is 11.3 Å². The van der Waals surface area contributed by atoms with Crippen LogP contribution in [0.3, 0.4) is 0 Å². The highest BCUT2D eigenvalue weighted by Crippen LogP contribution is 2.27. The van der Waals surface area contributed by atoms with Gasteiger partial charge in [0, 0.05) is 16.5 Å². The van der Waals surface area contributed by atoms with Crippen LogP contribution in [-0.2, 0) is 6.61 Å². The molecule has 0 radical (unpaired) electrons. The molecular formula is C16H21NOS. The number of hydrogen-bond acceptors (Lipinski definition) is 3. The minimum Gasteiger partial charge on any atom is -0.488 e. The summed E-state index contributed by atoms with van der Waals surface area (Å²) in [6, 6.07) is 10.9. The van der Waals surface area contributed by atoms with Gasteiger partial charge in [0.2, 0.25) is 0 Å². The van der Waals surface area contributed by atoms with Crippen LogP contribution in [0, 0.1) is 6.92 Å². The Morgan fingerprint density at radius 1 is 1.32 bits per heavy atom. The van der Waals surface area contributed by atoms with Crippen LogP contribution in [0.4, 0.5) is 0 Å². The molecule has 0 saturated heterocycles. The van der Waals surface area contributed by atoms with Crippen molar-refractivity contribution >= 4 is 11.3 Å². The van der Waals surface area contributed by atoms with E-state index in [1.165, 1.54) is 16.0 Å². The van der Waals surface area contributed by atoms with Gasteiger partial charge in [0.15, 0.2) is 0 Å². The van der Waals surface area contributed by atoms with Gasteiger partial charge < -0.3 is 10.1 Å². The van der Waals surface area contributed by atoms with Crippen LogP contribution < -0.4 is 10.1 Å². The van der Waals surface area contributed by atoms with Crippen molar-refractivity contribution in [1.29, 1.82) is 0 Å². The molecule has 19 heavy (non-hydrogen) atoms. The third-order valence-corrected chi connectivity index (χ3v) is 3.95. The van der Waals surface area contributed by atoms with Crippen LogP contribution in [0.2, 0.25) is 0 Å². The zero-order chi connectivity index (χ0) is 13.7. The first-order chi connectivity index (χ1) is 9.20. The van der Waals surface area contributed by atoms with E-state index in [2.05, 4.69) is 61.8 Å². The molecule has 1 aromatic carbocycles. The summed E-state index contributed by atoms with van der Waals surface area (Å²) in [6.45, 7) is 8.00. The van der Waals surface area contributed by atoms with Crippen molar-refractivity contribution in [3.63, 3.8) is 0 Å². The molecule has 1 heterocycles. The highest BCUT2D eigenvalue weighted by molar-refractivity contribution is 7.09. The summed E-state index contributed by atoms with van der Waals surface area (Å²) in [6.07, 6.45) is 0. The van der Waals surface area contributed by atoms with Gasteiger partial charge in [-0.05, 0) is 43.5 Å². The predicted octanol–water partition coefficient (Wildman–Crippen LogP) is 4.31. The quantitative estimate of drug-likeness (QED) is 0.848. The Balaban J connectivity index is 2.14. The molecule has 0 amide bonds. The summed E-state index contributed by atoms with van der Waals surface area (Å²) in [5.74, 6) is 0.988. The molecule has 0 bridgehead atoms. The second-order valence-electron chi connectivity index (χ2n) is 4.69. The van der Waals surface area contributed by atoms with Gasteiger partial charge in [-0.3, -0.25) is 0 Å². The summed E-state index contributed by atoms with van der Waals surface area (Å²) in [7, 11) is 0. The molecule has 0 aliphatic carbocycles. The van der Waals surface area contributed by atoms with Gasteiger partial charge in [-0.2, -0.15) is 0 Å². The molecule has 102 valence electrons. The SMILES string of the molecule is CCNC(C)c1ccc(C)cc1OCc1cccs1. The number of thiophene rings is 1. The monoisotopic (exact) mass is 275 g/mol. The fourth-order valence-electron chi connectivity index (χ4n) is 2.08. The van der Waals surface area contributed by atoms with Crippen molar-refractivity contribution in [3.8, 4) is 5.75 Å². The molecule has 1 atom stereocenters. The first kappa shape index (κ1) is 14.1. The topological polar surface area (TPSA) is 21.3 Å². The molecule has 1 N–H and O–H groups in total. The van der Waals surface area contributed by atoms with Crippen LogP contribution in [0.15, 0.2) is 35.7 Å². The van der Waals surface area contributed by atoms with Gasteiger partial charge in [-0.1, -0.05) is 25.1 Å². The lowest BCUT2D eigenvalue weighted by Crippen LogP contribution is -2.18. The number of aryl methyl sites for hydroxylation is 1. The van der Waals surface area contributed by atoms with Crippen LogP contribution in [0.25, 0.3) is 0 Å². The van der Waals surface area contributed by atoms with Gasteiger partial charge in [-0.25, -0.2) is 0 Å². The first-order valence-corrected chi connectivity index (χ1v) is 7.57. The second-order valence-corrected chi connectivity index (χ2v) is 5.72. The maximum absolute atomic E-state index is 6.00. The zero-order valence-corrected chi connectivity index (χ0v) is 12.6. The number of nitrogens with one attached hydrogen (secondary N) is 1. The summed E-state index contributed by atoms with van der Waals surface area (Å²) in [5.41, 5.74) is 2.46. The third-order valence-electron chi connectivity index (χ3n) is 3.10. The highest BCUT2D eigenvalue weighted by Gasteiger charge is 2.11. The summed E-state index contributed by atoms with van der Waals surface area (Å²) < 4.78 is 6.00. The van der Waals surface area contributed by atoms with Gasteiger partial charge in [-0.15, -0.1) is 11.3 Å². The summed E-state index contributed by atoms with van der Waals surface area (Å²) >= 11 is 1.73. The van der Waals surface area contributed by atoms with E-state index in [1.54, 1.807) is 11.3 Å². The van der Waals surface area contributed by atoms with Crippen molar-refractivity contribution in [2.45, 2.75) is 33.4 Å². The van der Waals surface area contributed by atoms with E-state index in [9.17, 15) is 0 Å². The number of benzene rings is 1. The van der Waals surface area contributed by atoms with E-state index in [4.69, 9.17) is 4.74 Å². The van der Waals surface area contributed by atoms with Crippen LogP contribution in [0.5, 0.6) is 5.75 Å². The molecule has 0 fully saturated rings. The first-order valence-electron chi connectivity index (χ1n) is 6.69. The lowest BCUT2D eigenvalue weighted by molar-refractivity contribution is 0.303. The molecule has 2 rings (SSSR count). The largest absolute Gasteiger partial charge is 0.488 e. The molecule has 0 aliphatic rings. The van der Waals surface area contributed by atoms with Crippen LogP contribution in [0.1, 0.15) is 35.9 Å². The summed E-state index contributed by atoms with van der Waals surface area (Å²) in [4.78, 5) is 1.25. The molecule has 3 heteroatoms. The molecule has 0 spiro atoms. The van der Waals surface area contributed by atoms with Gasteiger partial charge >= 0.3 is 0 Å². The molecule has 0 aliphatic heterocycles. The minimum absolute atomic E-state index is 0.309. The van der Waals surface area contributed by atoms with E-state index in [0.717, 1.165) is 12.3 Å². The van der Waals surface area contributed by atoms with Crippen molar-refractivity contribution < 1.29 is 4.74 Å². The lowest BCUT2D eigenvalue weighted by atomic mass is 10.0. The average Bonchev–Trinajstić information content (AvgIpc) is 2.89. The Bertz CT molecular complexity index is 507. The van der Waals surface area contributed by atoms with Gasteiger partial charge in [0.1, 0.15) is 12.4 Å². The van der Waals surface area contributed by atoms with E-state index in [-0.39, 0.29) is 0 Å². The Labute approximate surface area is 119 Å². The van der Waals surface area contributed by atoms with Gasteiger partial charge in [0.05, 0.1) is 0 Å². The van der Waals surface area contributed by atoms with Crippen LogP contribution in [-0.4, -0.2) is 6.54 Å². The maximum Gasteiger partial charge on any atom is 0.124 e. The second kappa shape index (κ2) is 6.73. The Hall–Kier alpha value is -1.32. The predicted molar refractivity (Wildman–Crippen MR) is 81.9 cm³/mol. The fraction of sp³-hybridized carbons (Fsp3) is 0.375. The molecule has 2 nitrogen and oxygen atoms in total.